The van der Waals surface area contributed by atoms with Gasteiger partial charge in [0, 0.05) is 12.2 Å². The number of hydrogen-bond donors (Lipinski definition) is 2. The first-order valence-corrected chi connectivity index (χ1v) is 7.40. The predicted octanol–water partition coefficient (Wildman–Crippen LogP) is 2.78. The molecule has 0 atom stereocenters. The average Bonchev–Trinajstić information content (AvgIpc) is 2.98. The van der Waals surface area contributed by atoms with Gasteiger partial charge < -0.3 is 15.4 Å². The molecule has 0 bridgehead atoms. The van der Waals surface area contributed by atoms with Gasteiger partial charge in [0.1, 0.15) is 6.29 Å². The number of anilines is 2. The molecule has 130 valence electrons. The minimum Gasteiger partial charge on any atom is -0.323 e. The molecular weight excluding hydrogens is 335 g/mol. The van der Waals surface area contributed by atoms with E-state index < -0.39 is 11.7 Å². The minimum absolute atomic E-state index is 0.224. The summed E-state index contributed by atoms with van der Waals surface area (Å²) >= 11 is 0. The molecule has 3 rings (SSSR count). The molecule has 2 heterocycles. The molecule has 1 aromatic carbocycles. The summed E-state index contributed by atoms with van der Waals surface area (Å²) in [6, 6.07) is 10.0. The first kappa shape index (κ1) is 16.9. The standard InChI is InChI=1S/C16H14F3N5O/c17-16(18,19)11-4-6-12(7-5-11)21-15-22-14-3-1-2-13(24(14)23-15)10-20-8-9-25/h1-7,9,20H,8,10H2,(H,21,23). The van der Waals surface area contributed by atoms with Crippen LogP contribution in [0.15, 0.2) is 42.5 Å². The third-order valence-corrected chi connectivity index (χ3v) is 3.44. The Morgan fingerprint density at radius 1 is 1.12 bits per heavy atom. The number of pyridine rings is 1. The second-order valence-corrected chi connectivity index (χ2v) is 5.22. The molecular formula is C16H14F3N5O. The van der Waals surface area contributed by atoms with E-state index in [2.05, 4.69) is 20.7 Å². The zero-order chi connectivity index (χ0) is 17.9. The third-order valence-electron chi connectivity index (χ3n) is 3.44. The van der Waals surface area contributed by atoms with Crippen molar-refractivity contribution in [2.75, 3.05) is 11.9 Å². The summed E-state index contributed by atoms with van der Waals surface area (Å²) in [7, 11) is 0. The van der Waals surface area contributed by atoms with Crippen molar-refractivity contribution in [1.82, 2.24) is 19.9 Å². The Morgan fingerprint density at radius 2 is 1.88 bits per heavy atom. The molecule has 2 aromatic heterocycles. The normalized spacial score (nSPS) is 11.6. The zero-order valence-electron chi connectivity index (χ0n) is 12.9. The van der Waals surface area contributed by atoms with Gasteiger partial charge in [0.25, 0.3) is 0 Å². The number of alkyl halides is 3. The summed E-state index contributed by atoms with van der Waals surface area (Å²) in [4.78, 5) is 14.7. The fraction of sp³-hybridized carbons (Fsp3) is 0.188. The van der Waals surface area contributed by atoms with Crippen molar-refractivity contribution in [1.29, 1.82) is 0 Å². The maximum absolute atomic E-state index is 12.6. The van der Waals surface area contributed by atoms with Gasteiger partial charge in [-0.25, -0.2) is 4.52 Å². The number of aldehydes is 1. The molecule has 25 heavy (non-hydrogen) atoms. The Balaban J connectivity index is 1.80. The SMILES string of the molecule is O=CCNCc1cccc2nc(Nc3ccc(C(F)(F)F)cc3)nn12. The Hall–Kier alpha value is -2.94. The second kappa shape index (κ2) is 6.89. The van der Waals surface area contributed by atoms with E-state index in [1.165, 1.54) is 12.1 Å². The van der Waals surface area contributed by atoms with E-state index in [4.69, 9.17) is 0 Å². The van der Waals surface area contributed by atoms with E-state index in [9.17, 15) is 18.0 Å². The largest absolute Gasteiger partial charge is 0.416 e. The van der Waals surface area contributed by atoms with Crippen LogP contribution in [0.1, 0.15) is 11.3 Å². The van der Waals surface area contributed by atoms with Crippen LogP contribution in [0.2, 0.25) is 0 Å². The maximum atomic E-state index is 12.6. The summed E-state index contributed by atoms with van der Waals surface area (Å²) in [6.07, 6.45) is -3.61. The van der Waals surface area contributed by atoms with Gasteiger partial charge in [0.2, 0.25) is 5.95 Å². The fourth-order valence-electron chi connectivity index (χ4n) is 2.28. The highest BCUT2D eigenvalue weighted by molar-refractivity contribution is 5.56. The highest BCUT2D eigenvalue weighted by Gasteiger charge is 2.29. The van der Waals surface area contributed by atoms with Gasteiger partial charge in [-0.2, -0.15) is 18.2 Å². The van der Waals surface area contributed by atoms with Gasteiger partial charge >= 0.3 is 6.18 Å². The average molecular weight is 349 g/mol. The quantitative estimate of drug-likeness (QED) is 0.529. The first-order valence-electron chi connectivity index (χ1n) is 7.40. The lowest BCUT2D eigenvalue weighted by Crippen LogP contribution is -2.17. The molecule has 0 aliphatic heterocycles. The molecule has 6 nitrogen and oxygen atoms in total. The van der Waals surface area contributed by atoms with Gasteiger partial charge in [-0.15, -0.1) is 5.10 Å². The van der Waals surface area contributed by atoms with Crippen molar-refractivity contribution < 1.29 is 18.0 Å². The topological polar surface area (TPSA) is 71.3 Å². The lowest BCUT2D eigenvalue weighted by Gasteiger charge is -2.07. The van der Waals surface area contributed by atoms with Crippen molar-refractivity contribution in [2.24, 2.45) is 0 Å². The number of carbonyl (C=O) groups excluding carboxylic acids is 1. The van der Waals surface area contributed by atoms with E-state index in [1.807, 2.05) is 12.1 Å². The number of hydrogen-bond acceptors (Lipinski definition) is 5. The summed E-state index contributed by atoms with van der Waals surface area (Å²) in [5, 5.41) is 10.1. The zero-order valence-corrected chi connectivity index (χ0v) is 12.9. The molecule has 0 spiro atoms. The molecule has 0 unspecified atom stereocenters. The number of benzene rings is 1. The van der Waals surface area contributed by atoms with Crippen LogP contribution in [0.3, 0.4) is 0 Å². The molecule has 0 aliphatic rings. The van der Waals surface area contributed by atoms with Gasteiger partial charge in [0.05, 0.1) is 17.8 Å². The van der Waals surface area contributed by atoms with E-state index in [0.717, 1.165) is 24.1 Å². The summed E-state index contributed by atoms with van der Waals surface area (Å²) in [5.74, 6) is 0.266. The van der Waals surface area contributed by atoms with Gasteiger partial charge in [0.15, 0.2) is 5.65 Å². The van der Waals surface area contributed by atoms with Crippen LogP contribution in [-0.2, 0) is 17.5 Å². The van der Waals surface area contributed by atoms with E-state index in [-0.39, 0.29) is 12.5 Å². The molecule has 0 saturated heterocycles. The molecule has 2 N–H and O–H groups in total. The fourth-order valence-corrected chi connectivity index (χ4v) is 2.28. The number of fused-ring (bicyclic) bond motifs is 1. The number of halogens is 3. The van der Waals surface area contributed by atoms with Gasteiger partial charge in [-0.3, -0.25) is 0 Å². The Kier molecular flexibility index (Phi) is 4.66. The number of aromatic nitrogens is 3. The van der Waals surface area contributed by atoms with Gasteiger partial charge in [-0.05, 0) is 36.4 Å². The summed E-state index contributed by atoms with van der Waals surface area (Å²) in [5.41, 5.74) is 1.11. The minimum atomic E-state index is -4.37. The van der Waals surface area contributed by atoms with Crippen molar-refractivity contribution in [3.63, 3.8) is 0 Å². The monoisotopic (exact) mass is 349 g/mol. The van der Waals surface area contributed by atoms with Gasteiger partial charge in [-0.1, -0.05) is 6.07 Å². The van der Waals surface area contributed by atoms with Crippen LogP contribution in [0, 0.1) is 0 Å². The number of carbonyl (C=O) groups is 1. The number of nitrogens with zero attached hydrogens (tertiary/aromatic N) is 3. The van der Waals surface area contributed by atoms with E-state index >= 15 is 0 Å². The number of nitrogens with one attached hydrogen (secondary N) is 2. The van der Waals surface area contributed by atoms with Crippen molar-refractivity contribution in [2.45, 2.75) is 12.7 Å². The third kappa shape index (κ3) is 3.94. The lowest BCUT2D eigenvalue weighted by molar-refractivity contribution is -0.137. The smallest absolute Gasteiger partial charge is 0.323 e. The predicted molar refractivity (Wildman–Crippen MR) is 85.5 cm³/mol. The van der Waals surface area contributed by atoms with Crippen LogP contribution in [0.4, 0.5) is 24.8 Å². The Labute approximate surface area is 140 Å². The van der Waals surface area contributed by atoms with Crippen LogP contribution in [-0.4, -0.2) is 27.4 Å². The van der Waals surface area contributed by atoms with E-state index in [1.54, 1.807) is 10.6 Å². The molecule has 9 heteroatoms. The highest BCUT2D eigenvalue weighted by Crippen LogP contribution is 2.30. The van der Waals surface area contributed by atoms with Crippen LogP contribution in [0.5, 0.6) is 0 Å². The summed E-state index contributed by atoms with van der Waals surface area (Å²) < 4.78 is 39.3. The van der Waals surface area contributed by atoms with Crippen molar-refractivity contribution >= 4 is 23.6 Å². The van der Waals surface area contributed by atoms with Crippen LogP contribution < -0.4 is 10.6 Å². The van der Waals surface area contributed by atoms with E-state index in [0.29, 0.717) is 17.9 Å². The number of rotatable bonds is 6. The first-order chi connectivity index (χ1) is 12.0. The molecule has 3 aromatic rings. The highest BCUT2D eigenvalue weighted by atomic mass is 19.4. The van der Waals surface area contributed by atoms with Crippen molar-refractivity contribution in [3.8, 4) is 0 Å². The molecule has 0 aliphatic carbocycles. The molecule has 0 radical (unpaired) electrons. The summed E-state index contributed by atoms with van der Waals surface area (Å²) in [6.45, 7) is 0.654. The molecule has 0 amide bonds. The Bertz CT molecular complexity index is 874. The second-order valence-electron chi connectivity index (χ2n) is 5.22. The maximum Gasteiger partial charge on any atom is 0.416 e. The molecule has 0 fully saturated rings. The lowest BCUT2D eigenvalue weighted by atomic mass is 10.2. The Morgan fingerprint density at radius 3 is 2.56 bits per heavy atom. The van der Waals surface area contributed by atoms with Crippen LogP contribution >= 0.6 is 0 Å². The van der Waals surface area contributed by atoms with Crippen LogP contribution in [0.25, 0.3) is 5.65 Å². The molecule has 0 saturated carbocycles. The van der Waals surface area contributed by atoms with Crippen molar-refractivity contribution in [3.05, 3.63) is 53.7 Å².